The molecule has 0 saturated heterocycles. The van der Waals surface area contributed by atoms with Crippen LogP contribution in [0.5, 0.6) is 0 Å². The molecule has 0 atom stereocenters. The van der Waals surface area contributed by atoms with Gasteiger partial charge in [-0.1, -0.05) is 24.3 Å². The minimum Gasteiger partial charge on any atom is -0.457 e. The molecule has 0 aliphatic rings. The molecule has 0 amide bonds. The summed E-state index contributed by atoms with van der Waals surface area (Å²) < 4.78 is 5.19. The third-order valence-electron chi connectivity index (χ3n) is 2.18. The second kappa shape index (κ2) is 6.36. The van der Waals surface area contributed by atoms with Gasteiger partial charge in [0.1, 0.15) is 5.60 Å². The maximum atomic E-state index is 11.5. The Kier molecular flexibility index (Phi) is 5.10. The van der Waals surface area contributed by atoms with Crippen molar-refractivity contribution in [1.29, 1.82) is 0 Å². The molecule has 0 aliphatic heterocycles. The van der Waals surface area contributed by atoms with Crippen molar-refractivity contribution in [1.82, 2.24) is 5.32 Å². The van der Waals surface area contributed by atoms with Gasteiger partial charge in [-0.05, 0) is 45.0 Å². The minimum atomic E-state index is -0.446. The van der Waals surface area contributed by atoms with E-state index in [-0.39, 0.29) is 5.97 Å². The monoisotopic (exact) mass is 247 g/mol. The Morgan fingerprint density at radius 2 is 1.89 bits per heavy atom. The average molecular weight is 247 g/mol. The Morgan fingerprint density at radius 1 is 1.28 bits per heavy atom. The van der Waals surface area contributed by atoms with Gasteiger partial charge in [0.25, 0.3) is 0 Å². The molecule has 1 aromatic carbocycles. The molecular weight excluding hydrogens is 226 g/mol. The van der Waals surface area contributed by atoms with Crippen LogP contribution in [-0.4, -0.2) is 18.6 Å². The molecule has 18 heavy (non-hydrogen) atoms. The van der Waals surface area contributed by atoms with Gasteiger partial charge in [0.15, 0.2) is 0 Å². The molecule has 0 fully saturated rings. The summed E-state index contributed by atoms with van der Waals surface area (Å²) in [6, 6.07) is 8.03. The van der Waals surface area contributed by atoms with Crippen molar-refractivity contribution in [3.63, 3.8) is 0 Å². The number of rotatable bonds is 4. The van der Waals surface area contributed by atoms with E-state index in [1.54, 1.807) is 6.08 Å². The average Bonchev–Trinajstić information content (AvgIpc) is 2.26. The molecule has 0 radical (unpaired) electrons. The number of hydrogen-bond donors (Lipinski definition) is 1. The highest BCUT2D eigenvalue weighted by molar-refractivity contribution is 5.87. The summed E-state index contributed by atoms with van der Waals surface area (Å²) in [4.78, 5) is 11.5. The van der Waals surface area contributed by atoms with Crippen LogP contribution in [0.4, 0.5) is 0 Å². The fourth-order valence-electron chi connectivity index (χ4n) is 1.45. The second-order valence-electron chi connectivity index (χ2n) is 5.14. The number of esters is 1. The van der Waals surface area contributed by atoms with Gasteiger partial charge in [0.05, 0.1) is 0 Å². The quantitative estimate of drug-likeness (QED) is 0.656. The van der Waals surface area contributed by atoms with Crippen LogP contribution in [0.3, 0.4) is 0 Å². The van der Waals surface area contributed by atoms with E-state index in [1.165, 1.54) is 11.6 Å². The summed E-state index contributed by atoms with van der Waals surface area (Å²) >= 11 is 0. The third kappa shape index (κ3) is 5.64. The van der Waals surface area contributed by atoms with Crippen molar-refractivity contribution in [2.75, 3.05) is 7.05 Å². The molecule has 1 aromatic rings. The normalized spacial score (nSPS) is 11.8. The number of carbonyl (C=O) groups excluding carboxylic acids is 1. The Hall–Kier alpha value is -1.61. The molecule has 3 nitrogen and oxygen atoms in total. The van der Waals surface area contributed by atoms with Gasteiger partial charge in [0, 0.05) is 12.6 Å². The van der Waals surface area contributed by atoms with Crippen molar-refractivity contribution < 1.29 is 9.53 Å². The Labute approximate surface area is 109 Å². The SMILES string of the molecule is CNCc1ccc(C=CC(=O)OC(C)(C)C)cc1. The summed E-state index contributed by atoms with van der Waals surface area (Å²) in [7, 11) is 1.91. The van der Waals surface area contributed by atoms with Crippen molar-refractivity contribution in [2.24, 2.45) is 0 Å². The zero-order chi connectivity index (χ0) is 13.6. The lowest BCUT2D eigenvalue weighted by molar-refractivity contribution is -0.148. The predicted molar refractivity (Wildman–Crippen MR) is 74.1 cm³/mol. The molecule has 0 saturated carbocycles. The van der Waals surface area contributed by atoms with Crippen LogP contribution < -0.4 is 5.32 Å². The summed E-state index contributed by atoms with van der Waals surface area (Å²) in [5.74, 6) is -0.318. The van der Waals surface area contributed by atoms with Crippen LogP contribution in [-0.2, 0) is 16.1 Å². The standard InChI is InChI=1S/C15H21NO2/c1-15(2,3)18-14(17)10-9-12-5-7-13(8-6-12)11-16-4/h5-10,16H,11H2,1-4H3. The molecule has 0 spiro atoms. The van der Waals surface area contributed by atoms with Crippen molar-refractivity contribution in [2.45, 2.75) is 32.9 Å². The number of ether oxygens (including phenoxy) is 1. The lowest BCUT2D eigenvalue weighted by Crippen LogP contribution is -2.22. The van der Waals surface area contributed by atoms with Gasteiger partial charge in [-0.25, -0.2) is 4.79 Å². The smallest absolute Gasteiger partial charge is 0.331 e. The van der Waals surface area contributed by atoms with Gasteiger partial charge >= 0.3 is 5.97 Å². The minimum absolute atomic E-state index is 0.318. The molecule has 1 rings (SSSR count). The molecule has 98 valence electrons. The highest BCUT2D eigenvalue weighted by Gasteiger charge is 2.13. The van der Waals surface area contributed by atoms with E-state index in [9.17, 15) is 4.79 Å². The lowest BCUT2D eigenvalue weighted by Gasteiger charge is -2.17. The van der Waals surface area contributed by atoms with Gasteiger partial charge in [-0.15, -0.1) is 0 Å². The fraction of sp³-hybridized carbons (Fsp3) is 0.400. The van der Waals surface area contributed by atoms with E-state index in [0.29, 0.717) is 0 Å². The van der Waals surface area contributed by atoms with Crippen LogP contribution in [0.15, 0.2) is 30.3 Å². The maximum Gasteiger partial charge on any atom is 0.331 e. The van der Waals surface area contributed by atoms with Gasteiger partial charge < -0.3 is 10.1 Å². The van der Waals surface area contributed by atoms with Crippen LogP contribution in [0.1, 0.15) is 31.9 Å². The Morgan fingerprint density at radius 3 is 2.39 bits per heavy atom. The summed E-state index contributed by atoms with van der Waals surface area (Å²) in [5.41, 5.74) is 1.76. The predicted octanol–water partition coefficient (Wildman–Crippen LogP) is 2.76. The van der Waals surface area contributed by atoms with Gasteiger partial charge in [-0.2, -0.15) is 0 Å². The van der Waals surface area contributed by atoms with Crippen LogP contribution in [0.2, 0.25) is 0 Å². The molecule has 0 unspecified atom stereocenters. The van der Waals surface area contributed by atoms with Gasteiger partial charge in [0.2, 0.25) is 0 Å². The first kappa shape index (κ1) is 14.5. The van der Waals surface area contributed by atoms with Crippen molar-refractivity contribution in [3.8, 4) is 0 Å². The van der Waals surface area contributed by atoms with E-state index in [2.05, 4.69) is 5.32 Å². The Balaban J connectivity index is 2.59. The number of hydrogen-bond acceptors (Lipinski definition) is 3. The summed E-state index contributed by atoms with van der Waals surface area (Å²) in [5, 5.41) is 3.09. The maximum absolute atomic E-state index is 11.5. The fourth-order valence-corrected chi connectivity index (χ4v) is 1.45. The first-order valence-corrected chi connectivity index (χ1v) is 6.05. The molecule has 0 aliphatic carbocycles. The Bertz CT molecular complexity index is 413. The highest BCUT2D eigenvalue weighted by Crippen LogP contribution is 2.09. The van der Waals surface area contributed by atoms with Crippen LogP contribution in [0.25, 0.3) is 6.08 Å². The van der Waals surface area contributed by atoms with Crippen molar-refractivity contribution in [3.05, 3.63) is 41.5 Å². The van der Waals surface area contributed by atoms with Crippen molar-refractivity contribution >= 4 is 12.0 Å². The zero-order valence-electron chi connectivity index (χ0n) is 11.5. The molecule has 0 heterocycles. The molecule has 1 N–H and O–H groups in total. The van der Waals surface area contributed by atoms with E-state index < -0.39 is 5.60 Å². The van der Waals surface area contributed by atoms with Gasteiger partial charge in [-0.3, -0.25) is 0 Å². The highest BCUT2D eigenvalue weighted by atomic mass is 16.6. The van der Waals surface area contributed by atoms with E-state index in [1.807, 2.05) is 52.1 Å². The molecule has 0 bridgehead atoms. The van der Waals surface area contributed by atoms with E-state index >= 15 is 0 Å². The van der Waals surface area contributed by atoms with E-state index in [0.717, 1.165) is 12.1 Å². The van der Waals surface area contributed by atoms with E-state index in [4.69, 9.17) is 4.74 Å². The first-order chi connectivity index (χ1) is 8.40. The zero-order valence-corrected chi connectivity index (χ0v) is 11.5. The summed E-state index contributed by atoms with van der Waals surface area (Å²) in [6.07, 6.45) is 3.22. The summed E-state index contributed by atoms with van der Waals surface area (Å²) in [6.45, 7) is 6.40. The molecule has 0 aromatic heterocycles. The second-order valence-corrected chi connectivity index (χ2v) is 5.14. The molecule has 3 heteroatoms. The topological polar surface area (TPSA) is 38.3 Å². The number of nitrogens with one attached hydrogen (secondary N) is 1. The van der Waals surface area contributed by atoms with Crippen LogP contribution in [0, 0.1) is 0 Å². The van der Waals surface area contributed by atoms with Crippen LogP contribution >= 0.6 is 0 Å². The number of benzene rings is 1. The third-order valence-corrected chi connectivity index (χ3v) is 2.18. The molecular formula is C15H21NO2. The lowest BCUT2D eigenvalue weighted by atomic mass is 10.1. The first-order valence-electron chi connectivity index (χ1n) is 6.05. The largest absolute Gasteiger partial charge is 0.457 e. The number of carbonyl (C=O) groups is 1.